The molecule has 0 spiro atoms. The number of nitrogens with zero attached hydrogens (tertiary/aromatic N) is 2. The smallest absolute Gasteiger partial charge is 0.264 e. The molecule has 2 amide bonds. The van der Waals surface area contributed by atoms with E-state index in [1.54, 1.807) is 24.3 Å². The topological polar surface area (TPSA) is 96.0 Å². The van der Waals surface area contributed by atoms with Crippen molar-refractivity contribution in [3.8, 4) is 5.75 Å². The van der Waals surface area contributed by atoms with E-state index >= 15 is 0 Å². The molecule has 0 fully saturated rings. The molecule has 0 aliphatic carbocycles. The van der Waals surface area contributed by atoms with E-state index in [1.807, 2.05) is 58.9 Å². The molecule has 0 aromatic heterocycles. The van der Waals surface area contributed by atoms with Crippen LogP contribution in [-0.2, 0) is 26.2 Å². The van der Waals surface area contributed by atoms with Crippen LogP contribution in [0.25, 0.3) is 0 Å². The van der Waals surface area contributed by atoms with Gasteiger partial charge < -0.3 is 15.0 Å². The number of hydrogen-bond acceptors (Lipinski definition) is 5. The van der Waals surface area contributed by atoms with Gasteiger partial charge in [-0.2, -0.15) is 0 Å². The highest BCUT2D eigenvalue weighted by Crippen LogP contribution is 2.32. The molecule has 0 saturated heterocycles. The summed E-state index contributed by atoms with van der Waals surface area (Å²) >= 11 is 6.37. The molecule has 0 bridgehead atoms. The predicted molar refractivity (Wildman–Crippen MR) is 163 cm³/mol. The van der Waals surface area contributed by atoms with Crippen LogP contribution >= 0.6 is 11.6 Å². The van der Waals surface area contributed by atoms with Crippen molar-refractivity contribution in [2.45, 2.75) is 64.1 Å². The largest absolute Gasteiger partial charge is 0.495 e. The van der Waals surface area contributed by atoms with Gasteiger partial charge in [0.1, 0.15) is 18.3 Å². The Hall–Kier alpha value is -3.56. The third-order valence-electron chi connectivity index (χ3n) is 6.39. The number of aryl methyl sites for hydroxylation is 1. The van der Waals surface area contributed by atoms with Crippen LogP contribution in [0, 0.1) is 6.92 Å². The van der Waals surface area contributed by atoms with Crippen LogP contribution in [0.1, 0.15) is 45.2 Å². The molecule has 3 aromatic carbocycles. The van der Waals surface area contributed by atoms with Crippen molar-refractivity contribution < 1.29 is 22.7 Å². The van der Waals surface area contributed by atoms with E-state index in [9.17, 15) is 18.0 Å². The Morgan fingerprint density at radius 2 is 1.63 bits per heavy atom. The van der Waals surface area contributed by atoms with E-state index in [4.69, 9.17) is 16.3 Å². The molecule has 0 radical (unpaired) electrons. The van der Waals surface area contributed by atoms with Gasteiger partial charge in [-0.05, 0) is 70.0 Å². The minimum absolute atomic E-state index is 0.0161. The van der Waals surface area contributed by atoms with Gasteiger partial charge in [-0.15, -0.1) is 0 Å². The monoisotopic (exact) mass is 599 g/mol. The van der Waals surface area contributed by atoms with E-state index < -0.39 is 34.1 Å². The fourth-order valence-electron chi connectivity index (χ4n) is 4.32. The van der Waals surface area contributed by atoms with Crippen LogP contribution in [0.3, 0.4) is 0 Å². The molecule has 0 aliphatic rings. The summed E-state index contributed by atoms with van der Waals surface area (Å²) in [5, 5.41) is 3.16. The van der Waals surface area contributed by atoms with Crippen LogP contribution in [0.4, 0.5) is 5.69 Å². The Bertz CT molecular complexity index is 1460. The second-order valence-electron chi connectivity index (χ2n) is 10.8. The lowest BCUT2D eigenvalue weighted by Gasteiger charge is -2.34. The first-order chi connectivity index (χ1) is 19.3. The fourth-order valence-corrected chi connectivity index (χ4v) is 6.00. The first-order valence-corrected chi connectivity index (χ1v) is 15.2. The minimum atomic E-state index is -4.19. The summed E-state index contributed by atoms with van der Waals surface area (Å²) in [6.07, 6.45) is 0.333. The minimum Gasteiger partial charge on any atom is -0.495 e. The van der Waals surface area contributed by atoms with E-state index in [1.165, 1.54) is 36.3 Å². The standard InChI is InChI=1S/C31H38ClN3O5S/c1-7-27(30(37)33-31(3,4)5)34(20-23-15-13-22(2)14-16-23)29(36)21-35(24-17-18-28(40-6)26(32)19-24)41(38,39)25-11-9-8-10-12-25/h8-19,27H,7,20-21H2,1-6H3,(H,33,37). The predicted octanol–water partition coefficient (Wildman–Crippen LogP) is 5.57. The molecule has 0 heterocycles. The molecule has 10 heteroatoms. The van der Waals surface area contributed by atoms with Gasteiger partial charge in [-0.25, -0.2) is 8.42 Å². The first-order valence-electron chi connectivity index (χ1n) is 13.3. The van der Waals surface area contributed by atoms with Gasteiger partial charge in [0.05, 0.1) is 22.7 Å². The van der Waals surface area contributed by atoms with Crippen LogP contribution < -0.4 is 14.4 Å². The van der Waals surface area contributed by atoms with E-state index in [2.05, 4.69) is 5.32 Å². The highest BCUT2D eigenvalue weighted by atomic mass is 35.5. The van der Waals surface area contributed by atoms with Crippen LogP contribution in [-0.4, -0.2) is 50.4 Å². The number of anilines is 1. The Balaban J connectivity index is 2.09. The molecule has 8 nitrogen and oxygen atoms in total. The second kappa shape index (κ2) is 13.4. The average molecular weight is 600 g/mol. The van der Waals surface area contributed by atoms with E-state index in [0.717, 1.165) is 15.4 Å². The number of methoxy groups -OCH3 is 1. The molecule has 3 rings (SSSR count). The maximum absolute atomic E-state index is 14.1. The van der Waals surface area contributed by atoms with Crippen molar-refractivity contribution in [1.82, 2.24) is 10.2 Å². The maximum Gasteiger partial charge on any atom is 0.264 e. The van der Waals surface area contributed by atoms with Crippen LogP contribution in [0.15, 0.2) is 77.7 Å². The summed E-state index contributed by atoms with van der Waals surface area (Å²) in [5.74, 6) is -0.483. The molecular formula is C31H38ClN3O5S. The van der Waals surface area contributed by atoms with Gasteiger partial charge in [-0.1, -0.05) is 66.6 Å². The lowest BCUT2D eigenvalue weighted by atomic mass is 10.1. The molecular weight excluding hydrogens is 562 g/mol. The highest BCUT2D eigenvalue weighted by molar-refractivity contribution is 7.92. The molecule has 1 N–H and O–H groups in total. The Kier molecular flexibility index (Phi) is 10.4. The van der Waals surface area contributed by atoms with Gasteiger partial charge in [0, 0.05) is 12.1 Å². The summed E-state index contributed by atoms with van der Waals surface area (Å²) in [6, 6.07) is 19.2. The Morgan fingerprint density at radius 1 is 1.00 bits per heavy atom. The summed E-state index contributed by atoms with van der Waals surface area (Å²) in [4.78, 5) is 29.0. The zero-order valence-electron chi connectivity index (χ0n) is 24.3. The maximum atomic E-state index is 14.1. The quantitative estimate of drug-likeness (QED) is 0.311. The first kappa shape index (κ1) is 32.0. The normalized spacial score (nSPS) is 12.4. The zero-order valence-corrected chi connectivity index (χ0v) is 25.9. The van der Waals surface area contributed by atoms with Gasteiger partial charge in [-0.3, -0.25) is 13.9 Å². The average Bonchev–Trinajstić information content (AvgIpc) is 2.92. The van der Waals surface area contributed by atoms with Crippen molar-refractivity contribution >= 4 is 39.1 Å². The number of halogens is 1. The van der Waals surface area contributed by atoms with Crippen LogP contribution in [0.5, 0.6) is 5.75 Å². The number of benzene rings is 3. The molecule has 220 valence electrons. The third-order valence-corrected chi connectivity index (χ3v) is 8.47. The highest BCUT2D eigenvalue weighted by Gasteiger charge is 2.34. The van der Waals surface area contributed by atoms with Gasteiger partial charge in [0.2, 0.25) is 11.8 Å². The molecule has 1 unspecified atom stereocenters. The van der Waals surface area contributed by atoms with Crippen LogP contribution in [0.2, 0.25) is 5.02 Å². The summed E-state index contributed by atoms with van der Waals surface area (Å²) in [7, 11) is -2.74. The SMILES string of the molecule is CCC(C(=O)NC(C)(C)C)N(Cc1ccc(C)cc1)C(=O)CN(c1ccc(OC)c(Cl)c1)S(=O)(=O)c1ccccc1. The second-order valence-corrected chi connectivity index (χ2v) is 13.1. The van der Waals surface area contributed by atoms with Gasteiger partial charge in [0.25, 0.3) is 10.0 Å². The van der Waals surface area contributed by atoms with Crippen molar-refractivity contribution in [2.75, 3.05) is 18.0 Å². The summed E-state index contributed by atoms with van der Waals surface area (Å²) < 4.78 is 34.1. The lowest BCUT2D eigenvalue weighted by molar-refractivity contribution is -0.141. The number of amides is 2. The summed E-state index contributed by atoms with van der Waals surface area (Å²) in [6.45, 7) is 8.96. The molecule has 3 aromatic rings. The zero-order chi connectivity index (χ0) is 30.4. The lowest BCUT2D eigenvalue weighted by Crippen LogP contribution is -2.55. The molecule has 0 aliphatic heterocycles. The number of carbonyl (C=O) groups is 2. The van der Waals surface area contributed by atoms with Crippen molar-refractivity contribution in [3.63, 3.8) is 0 Å². The van der Waals surface area contributed by atoms with Gasteiger partial charge in [0.15, 0.2) is 0 Å². The number of rotatable bonds is 11. The van der Waals surface area contributed by atoms with E-state index in [-0.39, 0.29) is 28.1 Å². The molecule has 41 heavy (non-hydrogen) atoms. The Labute approximate surface area is 248 Å². The molecule has 0 saturated carbocycles. The number of ether oxygens (including phenoxy) is 1. The van der Waals surface area contributed by atoms with E-state index in [0.29, 0.717) is 12.2 Å². The van der Waals surface area contributed by atoms with Crippen molar-refractivity contribution in [2.24, 2.45) is 0 Å². The fraction of sp³-hybridized carbons (Fsp3) is 0.355. The number of carbonyl (C=O) groups excluding carboxylic acids is 2. The number of nitrogens with one attached hydrogen (secondary N) is 1. The summed E-state index contributed by atoms with van der Waals surface area (Å²) in [5.41, 5.74) is 1.54. The number of hydrogen-bond donors (Lipinski definition) is 1. The van der Waals surface area contributed by atoms with Crippen molar-refractivity contribution in [3.05, 3.63) is 88.9 Å². The molecule has 1 atom stereocenters. The Morgan fingerprint density at radius 3 is 2.17 bits per heavy atom. The van der Waals surface area contributed by atoms with Crippen molar-refractivity contribution in [1.29, 1.82) is 0 Å². The number of sulfonamides is 1. The van der Waals surface area contributed by atoms with Gasteiger partial charge >= 0.3 is 0 Å². The third kappa shape index (κ3) is 8.24.